The Morgan fingerprint density at radius 2 is 2.33 bits per heavy atom. The van der Waals surface area contributed by atoms with E-state index >= 15 is 0 Å². The highest BCUT2D eigenvalue weighted by molar-refractivity contribution is 6.04. The Kier molecular flexibility index (Phi) is 3.50. The lowest BCUT2D eigenvalue weighted by molar-refractivity contribution is 0.112. The first kappa shape index (κ1) is 13.8. The number of nitrogens with one attached hydrogen (secondary N) is 1. The lowest BCUT2D eigenvalue weighted by Crippen LogP contribution is -2.47. The molecule has 4 N–H and O–H groups in total. The van der Waals surface area contributed by atoms with Crippen LogP contribution in [-0.4, -0.2) is 38.4 Å². The van der Waals surface area contributed by atoms with Crippen LogP contribution in [0.3, 0.4) is 0 Å². The van der Waals surface area contributed by atoms with Crippen LogP contribution in [0.5, 0.6) is 0 Å². The molecular weight excluding hydrogens is 268 g/mol. The maximum absolute atomic E-state index is 10.3. The van der Waals surface area contributed by atoms with Crippen LogP contribution in [0.1, 0.15) is 37.6 Å². The number of fused-ring (bicyclic) bond motifs is 1. The van der Waals surface area contributed by atoms with Gasteiger partial charge in [0.1, 0.15) is 23.4 Å². The summed E-state index contributed by atoms with van der Waals surface area (Å²) in [5.41, 5.74) is 7.58. The van der Waals surface area contributed by atoms with Gasteiger partial charge in [-0.1, -0.05) is 6.92 Å². The molecule has 1 aliphatic heterocycles. The number of nitrogens with two attached hydrogens (primary N) is 1. The summed E-state index contributed by atoms with van der Waals surface area (Å²) in [4.78, 5) is 8.81. The number of pyridine rings is 1. The number of piperidine rings is 1. The lowest BCUT2D eigenvalue weighted by Gasteiger charge is -2.36. The first-order valence-electron chi connectivity index (χ1n) is 7.29. The van der Waals surface area contributed by atoms with E-state index in [0.717, 1.165) is 38.1 Å². The minimum atomic E-state index is -0.540. The monoisotopic (exact) mass is 288 g/mol. The molecule has 1 atom stereocenters. The van der Waals surface area contributed by atoms with Crippen LogP contribution in [0.4, 0.5) is 0 Å². The van der Waals surface area contributed by atoms with Gasteiger partial charge in [-0.15, -0.1) is 0 Å². The topological polar surface area (TPSA) is 104 Å². The van der Waals surface area contributed by atoms with Crippen LogP contribution in [0.2, 0.25) is 0 Å². The zero-order chi connectivity index (χ0) is 15.0. The van der Waals surface area contributed by atoms with Gasteiger partial charge in [0.15, 0.2) is 5.65 Å². The third kappa shape index (κ3) is 2.23. The molecule has 1 fully saturated rings. The predicted molar refractivity (Wildman–Crippen MR) is 80.9 cm³/mol. The number of imidazole rings is 1. The van der Waals surface area contributed by atoms with E-state index in [1.54, 1.807) is 12.3 Å². The second-order valence-corrected chi connectivity index (χ2v) is 5.28. The third-order valence-corrected chi connectivity index (χ3v) is 3.90. The van der Waals surface area contributed by atoms with Crippen LogP contribution in [-0.2, 0) is 6.42 Å². The van der Waals surface area contributed by atoms with E-state index in [1.807, 2.05) is 16.6 Å². The largest absolute Gasteiger partial charge is 0.384 e. The molecular formula is C14H20N6O. The summed E-state index contributed by atoms with van der Waals surface area (Å²) in [7, 11) is 0. The quantitative estimate of drug-likeness (QED) is 0.570. The molecule has 112 valence electrons. The Bertz CT molecular complexity index is 679. The molecule has 0 amide bonds. The summed E-state index contributed by atoms with van der Waals surface area (Å²) in [5, 5.41) is 20.0. The van der Waals surface area contributed by atoms with Crippen molar-refractivity contribution in [3.8, 4) is 0 Å². The summed E-state index contributed by atoms with van der Waals surface area (Å²) in [5.74, 6) is 0.810. The van der Waals surface area contributed by atoms with Crippen LogP contribution in [0.15, 0.2) is 12.3 Å². The number of amidine groups is 1. The standard InChI is InChI=1S/C14H20N6O/c1-2-10-18-14-12(9(13(15)16)6-7-17-14)20(10)19-8-4-3-5-11(19)21/h6-7,11,21H,2-5,8H2,1H3,(H3,15,16). The Morgan fingerprint density at radius 1 is 1.52 bits per heavy atom. The van der Waals surface area contributed by atoms with Crippen molar-refractivity contribution < 1.29 is 5.11 Å². The molecule has 0 spiro atoms. The second-order valence-electron chi connectivity index (χ2n) is 5.28. The minimum Gasteiger partial charge on any atom is -0.384 e. The van der Waals surface area contributed by atoms with Crippen LogP contribution < -0.4 is 10.7 Å². The van der Waals surface area contributed by atoms with Gasteiger partial charge in [0.05, 0.1) is 0 Å². The first-order valence-corrected chi connectivity index (χ1v) is 7.29. The molecule has 2 aromatic heterocycles. The fourth-order valence-electron chi connectivity index (χ4n) is 2.89. The number of hydrogen-bond acceptors (Lipinski definition) is 5. The Labute approximate surface area is 122 Å². The van der Waals surface area contributed by atoms with Gasteiger partial charge in [0.25, 0.3) is 0 Å². The molecule has 0 radical (unpaired) electrons. The van der Waals surface area contributed by atoms with Crippen LogP contribution >= 0.6 is 0 Å². The zero-order valence-electron chi connectivity index (χ0n) is 12.1. The second kappa shape index (κ2) is 5.33. The molecule has 7 nitrogen and oxygen atoms in total. The maximum Gasteiger partial charge on any atom is 0.180 e. The molecule has 3 heterocycles. The van der Waals surface area contributed by atoms with E-state index in [9.17, 15) is 5.11 Å². The predicted octanol–water partition coefficient (Wildman–Crippen LogP) is 0.718. The fourth-order valence-corrected chi connectivity index (χ4v) is 2.89. The molecule has 21 heavy (non-hydrogen) atoms. The fraction of sp³-hybridized carbons (Fsp3) is 0.500. The van der Waals surface area contributed by atoms with Gasteiger partial charge < -0.3 is 10.8 Å². The smallest absolute Gasteiger partial charge is 0.180 e. The van der Waals surface area contributed by atoms with Crippen molar-refractivity contribution in [3.63, 3.8) is 0 Å². The Hall–Kier alpha value is -2.15. The molecule has 0 saturated carbocycles. The SMILES string of the molecule is CCc1nc2nccc(C(=N)N)c2n1N1CCCCC1O. The summed E-state index contributed by atoms with van der Waals surface area (Å²) in [6.45, 7) is 2.77. The molecule has 1 unspecified atom stereocenters. The van der Waals surface area contributed by atoms with Crippen molar-refractivity contribution in [2.75, 3.05) is 11.6 Å². The number of rotatable bonds is 3. The Balaban J connectivity index is 2.25. The van der Waals surface area contributed by atoms with Gasteiger partial charge in [0.2, 0.25) is 0 Å². The van der Waals surface area contributed by atoms with Crippen molar-refractivity contribution >= 4 is 17.0 Å². The molecule has 0 bridgehead atoms. The van der Waals surface area contributed by atoms with Crippen molar-refractivity contribution in [1.29, 1.82) is 5.41 Å². The van der Waals surface area contributed by atoms with Gasteiger partial charge in [-0.3, -0.25) is 10.4 Å². The van der Waals surface area contributed by atoms with Crippen molar-refractivity contribution in [2.45, 2.75) is 38.8 Å². The highest BCUT2D eigenvalue weighted by Crippen LogP contribution is 2.23. The van der Waals surface area contributed by atoms with E-state index in [1.165, 1.54) is 0 Å². The number of aliphatic hydroxyl groups excluding tert-OH is 1. The molecule has 1 aliphatic rings. The summed E-state index contributed by atoms with van der Waals surface area (Å²) in [6.07, 6.45) is 4.57. The normalized spacial score (nSPS) is 19.1. The highest BCUT2D eigenvalue weighted by atomic mass is 16.3. The zero-order valence-corrected chi connectivity index (χ0v) is 12.1. The summed E-state index contributed by atoms with van der Waals surface area (Å²) in [6, 6.07) is 1.72. The highest BCUT2D eigenvalue weighted by Gasteiger charge is 2.26. The van der Waals surface area contributed by atoms with Gasteiger partial charge >= 0.3 is 0 Å². The van der Waals surface area contributed by atoms with E-state index in [4.69, 9.17) is 11.1 Å². The number of aromatic nitrogens is 3. The molecule has 3 rings (SSSR count). The number of hydrogen-bond donors (Lipinski definition) is 3. The van der Waals surface area contributed by atoms with Crippen molar-refractivity contribution in [3.05, 3.63) is 23.7 Å². The van der Waals surface area contributed by atoms with Gasteiger partial charge in [-0.2, -0.15) is 0 Å². The van der Waals surface area contributed by atoms with Crippen molar-refractivity contribution in [1.82, 2.24) is 14.6 Å². The summed E-state index contributed by atoms with van der Waals surface area (Å²) >= 11 is 0. The number of aliphatic hydroxyl groups is 1. The Morgan fingerprint density at radius 3 is 3.00 bits per heavy atom. The van der Waals surface area contributed by atoms with Gasteiger partial charge in [0, 0.05) is 24.7 Å². The first-order chi connectivity index (χ1) is 10.1. The van der Waals surface area contributed by atoms with E-state index in [0.29, 0.717) is 16.7 Å². The number of nitrogen functional groups attached to an aromatic ring is 1. The van der Waals surface area contributed by atoms with Gasteiger partial charge in [-0.05, 0) is 25.3 Å². The van der Waals surface area contributed by atoms with E-state index in [2.05, 4.69) is 9.97 Å². The van der Waals surface area contributed by atoms with Gasteiger partial charge in [-0.25, -0.2) is 14.6 Å². The molecule has 1 saturated heterocycles. The molecule has 7 heteroatoms. The van der Waals surface area contributed by atoms with E-state index in [-0.39, 0.29) is 5.84 Å². The summed E-state index contributed by atoms with van der Waals surface area (Å²) < 4.78 is 1.91. The third-order valence-electron chi connectivity index (χ3n) is 3.90. The van der Waals surface area contributed by atoms with Crippen molar-refractivity contribution in [2.24, 2.45) is 5.73 Å². The molecule has 2 aromatic rings. The number of nitrogens with zero attached hydrogens (tertiary/aromatic N) is 4. The average molecular weight is 288 g/mol. The molecule has 0 aromatic carbocycles. The van der Waals surface area contributed by atoms with E-state index < -0.39 is 6.23 Å². The maximum atomic E-state index is 10.3. The van der Waals surface area contributed by atoms with Crippen LogP contribution in [0.25, 0.3) is 11.2 Å². The average Bonchev–Trinajstić information content (AvgIpc) is 2.86. The minimum absolute atomic E-state index is 0.0160. The van der Waals surface area contributed by atoms with Crippen LogP contribution in [0, 0.1) is 5.41 Å². The number of aryl methyl sites for hydroxylation is 1. The lowest BCUT2D eigenvalue weighted by atomic mass is 10.1. The molecule has 0 aliphatic carbocycles.